The minimum atomic E-state index is 1.19. The molecule has 0 amide bonds. The standard InChI is InChI=1S/C18H20.3C2H6/c1-3-6-14-9-12-18-16(13(14)2)11-10-15-7-4-5-8-17(15)18;3*1-2/h5,8-12H,3-4,6-7H2,1-2H3;3*1-2H3. The van der Waals surface area contributed by atoms with Gasteiger partial charge in [-0.2, -0.15) is 0 Å². The Bertz CT molecular complexity index is 617. The topological polar surface area (TPSA) is 0 Å². The third-order valence-corrected chi connectivity index (χ3v) is 4.10. The molecule has 0 aromatic heterocycles. The average Bonchev–Trinajstić information content (AvgIpc) is 2.68. The summed E-state index contributed by atoms with van der Waals surface area (Å²) < 4.78 is 0. The molecule has 0 unspecified atom stereocenters. The minimum absolute atomic E-state index is 1.19. The first-order valence-corrected chi connectivity index (χ1v) is 10.0. The van der Waals surface area contributed by atoms with Crippen LogP contribution in [0, 0.1) is 6.92 Å². The lowest BCUT2D eigenvalue weighted by Crippen LogP contribution is -1.97. The average molecular weight is 327 g/mol. The predicted octanol–water partition coefficient (Wildman–Crippen LogP) is 8.14. The van der Waals surface area contributed by atoms with Crippen molar-refractivity contribution in [3.8, 4) is 0 Å². The number of fused-ring (bicyclic) bond motifs is 3. The molecule has 2 aromatic rings. The molecule has 0 radical (unpaired) electrons. The quantitative estimate of drug-likeness (QED) is 0.522. The number of allylic oxidation sites excluding steroid dienone is 1. The van der Waals surface area contributed by atoms with Gasteiger partial charge in [0.25, 0.3) is 0 Å². The van der Waals surface area contributed by atoms with Crippen LogP contribution in [-0.4, -0.2) is 0 Å². The molecule has 2 aromatic carbocycles. The molecular weight excluding hydrogens is 288 g/mol. The SMILES string of the molecule is CC.CC.CC.CCCc1ccc2c3c(ccc2c1C)CCC=C3. The summed E-state index contributed by atoms with van der Waals surface area (Å²) >= 11 is 0. The van der Waals surface area contributed by atoms with E-state index in [4.69, 9.17) is 0 Å². The van der Waals surface area contributed by atoms with E-state index in [1.807, 2.05) is 41.5 Å². The summed E-state index contributed by atoms with van der Waals surface area (Å²) in [7, 11) is 0. The molecule has 0 spiro atoms. The zero-order valence-corrected chi connectivity index (χ0v) is 17.3. The van der Waals surface area contributed by atoms with Gasteiger partial charge >= 0.3 is 0 Å². The minimum Gasteiger partial charge on any atom is -0.0836 e. The molecule has 0 aliphatic heterocycles. The van der Waals surface area contributed by atoms with Gasteiger partial charge in [0.2, 0.25) is 0 Å². The molecule has 134 valence electrons. The van der Waals surface area contributed by atoms with Crippen LogP contribution in [0.1, 0.15) is 83.6 Å². The first-order valence-electron chi connectivity index (χ1n) is 10.0. The van der Waals surface area contributed by atoms with Gasteiger partial charge in [0.15, 0.2) is 0 Å². The molecule has 1 aliphatic carbocycles. The molecular formula is C24H38. The number of benzene rings is 2. The molecule has 3 rings (SSSR count). The van der Waals surface area contributed by atoms with Gasteiger partial charge in [0, 0.05) is 0 Å². The molecule has 0 nitrogen and oxygen atoms in total. The first-order chi connectivity index (χ1) is 11.8. The Kier molecular flexibility index (Phi) is 12.0. The van der Waals surface area contributed by atoms with E-state index in [0.717, 1.165) is 0 Å². The van der Waals surface area contributed by atoms with Gasteiger partial charge < -0.3 is 0 Å². The van der Waals surface area contributed by atoms with Gasteiger partial charge in [-0.1, -0.05) is 91.3 Å². The van der Waals surface area contributed by atoms with Crippen LogP contribution >= 0.6 is 0 Å². The van der Waals surface area contributed by atoms with E-state index >= 15 is 0 Å². The summed E-state index contributed by atoms with van der Waals surface area (Å²) in [6.45, 7) is 16.5. The maximum Gasteiger partial charge on any atom is -0.0106 e. The number of hydrogen-bond acceptors (Lipinski definition) is 0. The van der Waals surface area contributed by atoms with Crippen molar-refractivity contribution >= 4 is 16.8 Å². The summed E-state index contributed by atoms with van der Waals surface area (Å²) in [5, 5.41) is 2.87. The summed E-state index contributed by atoms with van der Waals surface area (Å²) in [5.41, 5.74) is 5.93. The van der Waals surface area contributed by atoms with Crippen molar-refractivity contribution in [3.05, 3.63) is 52.6 Å². The van der Waals surface area contributed by atoms with E-state index in [-0.39, 0.29) is 0 Å². The first kappa shape index (κ1) is 22.4. The second-order valence-corrected chi connectivity index (χ2v) is 5.27. The third kappa shape index (κ3) is 5.23. The summed E-state index contributed by atoms with van der Waals surface area (Å²) in [6, 6.07) is 9.29. The summed E-state index contributed by atoms with van der Waals surface area (Å²) in [5.74, 6) is 0. The van der Waals surface area contributed by atoms with Crippen molar-refractivity contribution in [2.75, 3.05) is 0 Å². The van der Waals surface area contributed by atoms with Crippen LogP contribution in [0.4, 0.5) is 0 Å². The van der Waals surface area contributed by atoms with Crippen LogP contribution in [0.5, 0.6) is 0 Å². The van der Waals surface area contributed by atoms with Crippen molar-refractivity contribution in [1.29, 1.82) is 0 Å². The van der Waals surface area contributed by atoms with Crippen molar-refractivity contribution in [2.24, 2.45) is 0 Å². The van der Waals surface area contributed by atoms with Gasteiger partial charge in [0.1, 0.15) is 0 Å². The Labute approximate surface area is 151 Å². The fourth-order valence-electron chi connectivity index (χ4n) is 3.07. The van der Waals surface area contributed by atoms with Crippen LogP contribution in [0.2, 0.25) is 0 Å². The van der Waals surface area contributed by atoms with E-state index in [9.17, 15) is 0 Å². The molecule has 0 fully saturated rings. The molecule has 0 atom stereocenters. The summed E-state index contributed by atoms with van der Waals surface area (Å²) in [4.78, 5) is 0. The molecule has 0 N–H and O–H groups in total. The Balaban J connectivity index is 0.000000798. The Morgan fingerprint density at radius 1 is 0.833 bits per heavy atom. The Hall–Kier alpha value is -1.56. The maximum atomic E-state index is 2.32. The molecule has 0 heteroatoms. The largest absolute Gasteiger partial charge is 0.0836 e. The molecule has 0 saturated carbocycles. The molecule has 1 aliphatic rings. The van der Waals surface area contributed by atoms with Gasteiger partial charge in [0.05, 0.1) is 0 Å². The Morgan fingerprint density at radius 3 is 2.08 bits per heavy atom. The highest BCUT2D eigenvalue weighted by atomic mass is 14.1. The van der Waals surface area contributed by atoms with Gasteiger partial charge in [-0.15, -0.1) is 0 Å². The van der Waals surface area contributed by atoms with Crippen LogP contribution in [-0.2, 0) is 12.8 Å². The number of aryl methyl sites for hydroxylation is 3. The maximum absolute atomic E-state index is 2.32. The van der Waals surface area contributed by atoms with Crippen LogP contribution in [0.15, 0.2) is 30.3 Å². The van der Waals surface area contributed by atoms with Gasteiger partial charge in [-0.3, -0.25) is 0 Å². The highest BCUT2D eigenvalue weighted by Crippen LogP contribution is 2.31. The lowest BCUT2D eigenvalue weighted by molar-refractivity contribution is 0.915. The monoisotopic (exact) mass is 326 g/mol. The lowest BCUT2D eigenvalue weighted by atomic mass is 9.89. The fraction of sp³-hybridized carbons (Fsp3) is 0.500. The third-order valence-electron chi connectivity index (χ3n) is 4.10. The van der Waals surface area contributed by atoms with Gasteiger partial charge in [-0.05, 0) is 59.2 Å². The van der Waals surface area contributed by atoms with Gasteiger partial charge in [-0.25, -0.2) is 0 Å². The second kappa shape index (κ2) is 12.8. The number of rotatable bonds is 2. The van der Waals surface area contributed by atoms with Crippen LogP contribution < -0.4 is 0 Å². The molecule has 0 heterocycles. The van der Waals surface area contributed by atoms with E-state index in [1.165, 1.54) is 58.7 Å². The van der Waals surface area contributed by atoms with Crippen molar-refractivity contribution in [3.63, 3.8) is 0 Å². The fourth-order valence-corrected chi connectivity index (χ4v) is 3.07. The Morgan fingerprint density at radius 2 is 1.46 bits per heavy atom. The van der Waals surface area contributed by atoms with E-state index in [0.29, 0.717) is 0 Å². The normalized spacial score (nSPS) is 11.2. The van der Waals surface area contributed by atoms with Crippen molar-refractivity contribution in [2.45, 2.75) is 81.1 Å². The van der Waals surface area contributed by atoms with E-state index in [1.54, 1.807) is 0 Å². The zero-order chi connectivity index (χ0) is 18.5. The molecule has 0 bridgehead atoms. The second-order valence-electron chi connectivity index (χ2n) is 5.27. The highest BCUT2D eigenvalue weighted by Gasteiger charge is 2.10. The van der Waals surface area contributed by atoms with Crippen molar-refractivity contribution in [1.82, 2.24) is 0 Å². The molecule has 24 heavy (non-hydrogen) atoms. The van der Waals surface area contributed by atoms with E-state index in [2.05, 4.69) is 50.3 Å². The lowest BCUT2D eigenvalue weighted by Gasteiger charge is -2.16. The van der Waals surface area contributed by atoms with E-state index < -0.39 is 0 Å². The molecule has 0 saturated heterocycles. The zero-order valence-electron chi connectivity index (χ0n) is 17.3. The number of hydrogen-bond donors (Lipinski definition) is 0. The van der Waals surface area contributed by atoms with Crippen LogP contribution in [0.25, 0.3) is 16.8 Å². The summed E-state index contributed by atoms with van der Waals surface area (Å²) in [6.07, 6.45) is 9.39. The smallest absolute Gasteiger partial charge is 0.0106 e. The predicted molar refractivity (Wildman–Crippen MR) is 114 cm³/mol. The van der Waals surface area contributed by atoms with Crippen molar-refractivity contribution < 1.29 is 0 Å². The highest BCUT2D eigenvalue weighted by molar-refractivity contribution is 5.95. The van der Waals surface area contributed by atoms with Crippen LogP contribution in [0.3, 0.4) is 0 Å².